The first kappa shape index (κ1) is 21.8. The third kappa shape index (κ3) is 12.4. The summed E-state index contributed by atoms with van der Waals surface area (Å²) in [5, 5.41) is 0. The van der Waals surface area contributed by atoms with Gasteiger partial charge in [-0.1, -0.05) is 84.0 Å². The van der Waals surface area contributed by atoms with E-state index < -0.39 is 13.1 Å². The van der Waals surface area contributed by atoms with Gasteiger partial charge in [-0.05, 0) is 6.42 Å². The van der Waals surface area contributed by atoms with Gasteiger partial charge in [-0.2, -0.15) is 0 Å². The average Bonchev–Trinajstić information content (AvgIpc) is 2.51. The first-order chi connectivity index (χ1) is 10.5. The van der Waals surface area contributed by atoms with E-state index in [0.717, 1.165) is 20.0 Å². The molecule has 22 heavy (non-hydrogen) atoms. The summed E-state index contributed by atoms with van der Waals surface area (Å²) >= 11 is 0. The first-order valence-electron chi connectivity index (χ1n) is 8.96. The molecule has 0 aromatic carbocycles. The van der Waals surface area contributed by atoms with E-state index >= 15 is 0 Å². The predicted molar refractivity (Wildman–Crippen MR) is 92.2 cm³/mol. The van der Waals surface area contributed by atoms with Crippen molar-refractivity contribution in [2.75, 3.05) is 7.11 Å². The molecule has 0 aliphatic carbocycles. The molecule has 0 aliphatic heterocycles. The fraction of sp³-hybridized carbons (Fsp3) is 0.941. The lowest BCUT2D eigenvalue weighted by atomic mass is 10.0. The molecule has 5 heteroatoms. The van der Waals surface area contributed by atoms with E-state index in [9.17, 15) is 9.36 Å². The molecular formula is C17H35O4P. The van der Waals surface area contributed by atoms with Gasteiger partial charge in [0, 0.05) is 13.5 Å². The van der Waals surface area contributed by atoms with E-state index in [1.807, 2.05) is 0 Å². The molecule has 0 aromatic heterocycles. The smallest absolute Gasteiger partial charge is 0.319 e. The second kappa shape index (κ2) is 14.4. The summed E-state index contributed by atoms with van der Waals surface area (Å²) in [6, 6.07) is 0. The highest BCUT2D eigenvalue weighted by Crippen LogP contribution is 2.43. The van der Waals surface area contributed by atoms with Crippen molar-refractivity contribution in [3.8, 4) is 0 Å². The van der Waals surface area contributed by atoms with Crippen molar-refractivity contribution in [3.05, 3.63) is 0 Å². The zero-order chi connectivity index (χ0) is 16.7. The maximum Gasteiger partial charge on any atom is 0.393 e. The first-order valence-corrected chi connectivity index (χ1v) is 10.5. The molecule has 0 aromatic rings. The summed E-state index contributed by atoms with van der Waals surface area (Å²) < 4.78 is 15.5. The topological polar surface area (TPSA) is 63.6 Å². The van der Waals surface area contributed by atoms with Crippen LogP contribution in [0.15, 0.2) is 0 Å². The van der Waals surface area contributed by atoms with Gasteiger partial charge >= 0.3 is 7.60 Å². The van der Waals surface area contributed by atoms with Crippen LogP contribution < -0.4 is 0 Å². The normalized spacial score (nSPS) is 14.0. The molecule has 0 aliphatic rings. The lowest BCUT2D eigenvalue weighted by molar-refractivity contribution is -0.113. The van der Waals surface area contributed by atoms with E-state index in [-0.39, 0.29) is 6.42 Å². The van der Waals surface area contributed by atoms with Gasteiger partial charge in [0.25, 0.3) is 0 Å². The van der Waals surface area contributed by atoms with Crippen LogP contribution in [0.4, 0.5) is 0 Å². The summed E-state index contributed by atoms with van der Waals surface area (Å²) in [6.45, 7) is 2.25. The van der Waals surface area contributed by atoms with Crippen molar-refractivity contribution < 1.29 is 18.8 Å². The Hall–Kier alpha value is -0.180. The third-order valence-corrected chi connectivity index (χ3v) is 5.41. The molecule has 0 spiro atoms. The molecule has 1 atom stereocenters. The van der Waals surface area contributed by atoms with Gasteiger partial charge in [0.15, 0.2) is 0 Å². The maximum absolute atomic E-state index is 11.4. The van der Waals surface area contributed by atoms with Crippen molar-refractivity contribution >= 4 is 13.1 Å². The Bertz CT molecular complexity index is 318. The van der Waals surface area contributed by atoms with E-state index in [1.165, 1.54) is 64.2 Å². The lowest BCUT2D eigenvalue weighted by Gasteiger charge is -2.06. The molecule has 132 valence electrons. The minimum Gasteiger partial charge on any atom is -0.319 e. The van der Waals surface area contributed by atoms with Crippen molar-refractivity contribution in [3.63, 3.8) is 0 Å². The quantitative estimate of drug-likeness (QED) is 0.285. The SMILES string of the molecule is CCCCCCCCCCCCCCCC(=O)P(=O)(O)OC. The van der Waals surface area contributed by atoms with Crippen molar-refractivity contribution in [2.45, 2.75) is 96.8 Å². The number of unbranched alkanes of at least 4 members (excludes halogenated alkanes) is 12. The molecule has 0 radical (unpaired) electrons. The molecule has 1 N–H and O–H groups in total. The standard InChI is InChI=1S/C17H35O4P/c1-3-4-5-6-7-8-9-10-11-12-13-14-15-16-17(18)22(19,20)21-2/h3-16H2,1-2H3,(H,19,20). The van der Waals surface area contributed by atoms with E-state index in [0.29, 0.717) is 6.42 Å². The number of carbonyl (C=O) groups is 1. The Balaban J connectivity index is 3.24. The minimum absolute atomic E-state index is 0.152. The van der Waals surface area contributed by atoms with Gasteiger partial charge in [0.05, 0.1) is 0 Å². The summed E-state index contributed by atoms with van der Waals surface area (Å²) in [7, 11) is -2.89. The number of hydrogen-bond acceptors (Lipinski definition) is 3. The monoisotopic (exact) mass is 334 g/mol. The highest BCUT2D eigenvalue weighted by atomic mass is 31.2. The number of hydrogen-bond donors (Lipinski definition) is 1. The van der Waals surface area contributed by atoms with Crippen molar-refractivity contribution in [1.29, 1.82) is 0 Å². The van der Waals surface area contributed by atoms with Crippen LogP contribution >= 0.6 is 7.60 Å². The molecular weight excluding hydrogens is 299 g/mol. The highest BCUT2D eigenvalue weighted by molar-refractivity contribution is 7.70. The minimum atomic E-state index is -3.99. The number of rotatable bonds is 16. The van der Waals surface area contributed by atoms with Crippen LogP contribution in [-0.4, -0.2) is 17.5 Å². The Morgan fingerprint density at radius 1 is 0.818 bits per heavy atom. The largest absolute Gasteiger partial charge is 0.393 e. The average molecular weight is 334 g/mol. The Morgan fingerprint density at radius 3 is 1.55 bits per heavy atom. The molecule has 0 rings (SSSR count). The van der Waals surface area contributed by atoms with Gasteiger partial charge < -0.3 is 9.42 Å². The highest BCUT2D eigenvalue weighted by Gasteiger charge is 2.27. The van der Waals surface area contributed by atoms with E-state index in [1.54, 1.807) is 0 Å². The van der Waals surface area contributed by atoms with Gasteiger partial charge in [0.1, 0.15) is 0 Å². The Morgan fingerprint density at radius 2 is 1.18 bits per heavy atom. The van der Waals surface area contributed by atoms with Crippen LogP contribution in [0.25, 0.3) is 0 Å². The van der Waals surface area contributed by atoms with E-state index in [2.05, 4.69) is 11.4 Å². The second-order valence-corrected chi connectivity index (χ2v) is 7.99. The zero-order valence-corrected chi connectivity index (χ0v) is 15.4. The fourth-order valence-electron chi connectivity index (χ4n) is 2.54. The van der Waals surface area contributed by atoms with Crippen LogP contribution in [0.2, 0.25) is 0 Å². The summed E-state index contributed by atoms with van der Waals surface area (Å²) in [6.07, 6.45) is 16.2. The zero-order valence-electron chi connectivity index (χ0n) is 14.5. The van der Waals surface area contributed by atoms with Crippen LogP contribution in [0.1, 0.15) is 96.8 Å². The van der Waals surface area contributed by atoms with Crippen molar-refractivity contribution in [1.82, 2.24) is 0 Å². The molecule has 0 saturated carbocycles. The fourth-order valence-corrected chi connectivity index (χ4v) is 3.18. The second-order valence-electron chi connectivity index (χ2n) is 6.09. The van der Waals surface area contributed by atoms with Gasteiger partial charge in [0.2, 0.25) is 5.52 Å². The van der Waals surface area contributed by atoms with Crippen LogP contribution in [0.3, 0.4) is 0 Å². The van der Waals surface area contributed by atoms with Gasteiger partial charge in [-0.15, -0.1) is 0 Å². The van der Waals surface area contributed by atoms with Crippen molar-refractivity contribution in [2.24, 2.45) is 0 Å². The summed E-state index contributed by atoms with van der Waals surface area (Å²) in [4.78, 5) is 20.5. The van der Waals surface area contributed by atoms with E-state index in [4.69, 9.17) is 4.89 Å². The summed E-state index contributed by atoms with van der Waals surface area (Å²) in [5.41, 5.74) is -0.655. The molecule has 0 amide bonds. The molecule has 1 unspecified atom stereocenters. The summed E-state index contributed by atoms with van der Waals surface area (Å²) in [5.74, 6) is 0. The molecule has 0 saturated heterocycles. The molecule has 0 heterocycles. The molecule has 0 bridgehead atoms. The van der Waals surface area contributed by atoms with Crippen LogP contribution in [0.5, 0.6) is 0 Å². The third-order valence-electron chi connectivity index (χ3n) is 4.06. The van der Waals surface area contributed by atoms with Crippen LogP contribution in [-0.2, 0) is 13.9 Å². The molecule has 0 fully saturated rings. The van der Waals surface area contributed by atoms with Gasteiger partial charge in [-0.3, -0.25) is 9.36 Å². The lowest BCUT2D eigenvalue weighted by Crippen LogP contribution is -2.00. The predicted octanol–water partition coefficient (Wildman–Crippen LogP) is 5.83. The number of carbonyl (C=O) groups excluding carboxylic acids is 1. The molecule has 4 nitrogen and oxygen atoms in total. The van der Waals surface area contributed by atoms with Gasteiger partial charge in [-0.25, -0.2) is 0 Å². The Labute approximate surface area is 136 Å². The Kier molecular flexibility index (Phi) is 14.3. The maximum atomic E-state index is 11.4. The van der Waals surface area contributed by atoms with Crippen LogP contribution in [0, 0.1) is 0 Å².